The van der Waals surface area contributed by atoms with Gasteiger partial charge in [-0.05, 0) is 36.4 Å². The summed E-state index contributed by atoms with van der Waals surface area (Å²) < 4.78 is 13.3. The van der Waals surface area contributed by atoms with Gasteiger partial charge in [0, 0.05) is 17.7 Å². The van der Waals surface area contributed by atoms with E-state index in [0.717, 1.165) is 10.2 Å². The molecular formula is C14H14BrNO3. The summed E-state index contributed by atoms with van der Waals surface area (Å²) in [6.07, 6.45) is 1.80. The van der Waals surface area contributed by atoms with Crippen LogP contribution >= 0.6 is 15.9 Å². The van der Waals surface area contributed by atoms with E-state index in [1.54, 1.807) is 29.9 Å². The summed E-state index contributed by atoms with van der Waals surface area (Å²) in [5, 5.41) is 0. The van der Waals surface area contributed by atoms with Crippen LogP contribution < -0.4 is 4.74 Å². The molecule has 0 spiro atoms. The van der Waals surface area contributed by atoms with Crippen molar-refractivity contribution in [1.82, 2.24) is 4.57 Å². The Kier molecular flexibility index (Phi) is 4.63. The maximum atomic E-state index is 11.7. The molecule has 0 aliphatic rings. The molecule has 0 saturated heterocycles. The standard InChI is InChI=1S/C14H14BrNO3/c1-16-8-2-3-13(16)14(17)19-10-9-18-12-6-4-11(15)5-7-12/h2-8H,9-10H2,1H3. The van der Waals surface area contributed by atoms with E-state index in [9.17, 15) is 4.79 Å². The molecule has 0 fully saturated rings. The molecule has 2 aromatic rings. The van der Waals surface area contributed by atoms with E-state index < -0.39 is 0 Å². The van der Waals surface area contributed by atoms with Crippen LogP contribution in [0.5, 0.6) is 5.75 Å². The zero-order chi connectivity index (χ0) is 13.7. The first-order chi connectivity index (χ1) is 9.16. The van der Waals surface area contributed by atoms with Gasteiger partial charge in [-0.15, -0.1) is 0 Å². The van der Waals surface area contributed by atoms with E-state index >= 15 is 0 Å². The number of halogens is 1. The Hall–Kier alpha value is -1.75. The van der Waals surface area contributed by atoms with E-state index in [0.29, 0.717) is 12.3 Å². The Bertz CT molecular complexity index is 548. The van der Waals surface area contributed by atoms with E-state index in [1.165, 1.54) is 0 Å². The lowest BCUT2D eigenvalue weighted by Gasteiger charge is -2.07. The molecule has 100 valence electrons. The fourth-order valence-corrected chi connectivity index (χ4v) is 1.84. The number of nitrogens with zero attached hydrogens (tertiary/aromatic N) is 1. The monoisotopic (exact) mass is 323 g/mol. The third-order valence-electron chi connectivity index (χ3n) is 2.55. The SMILES string of the molecule is Cn1cccc1C(=O)OCCOc1ccc(Br)cc1. The first-order valence-corrected chi connectivity index (χ1v) is 6.63. The number of hydrogen-bond acceptors (Lipinski definition) is 3. The number of hydrogen-bond donors (Lipinski definition) is 0. The van der Waals surface area contributed by atoms with E-state index in [-0.39, 0.29) is 12.6 Å². The maximum absolute atomic E-state index is 11.7. The molecule has 19 heavy (non-hydrogen) atoms. The average molecular weight is 324 g/mol. The predicted octanol–water partition coefficient (Wildman–Crippen LogP) is 3.02. The van der Waals surface area contributed by atoms with Gasteiger partial charge in [-0.3, -0.25) is 0 Å². The second kappa shape index (κ2) is 6.43. The fraction of sp³-hybridized carbons (Fsp3) is 0.214. The molecule has 0 N–H and O–H groups in total. The van der Waals surface area contributed by atoms with Crippen LogP contribution in [0.4, 0.5) is 0 Å². The highest BCUT2D eigenvalue weighted by molar-refractivity contribution is 9.10. The highest BCUT2D eigenvalue weighted by atomic mass is 79.9. The molecule has 0 bridgehead atoms. The maximum Gasteiger partial charge on any atom is 0.355 e. The molecule has 1 aromatic heterocycles. The normalized spacial score (nSPS) is 10.2. The molecule has 1 aromatic carbocycles. The first-order valence-electron chi connectivity index (χ1n) is 5.83. The quantitative estimate of drug-likeness (QED) is 0.627. The van der Waals surface area contributed by atoms with Crippen molar-refractivity contribution in [2.24, 2.45) is 7.05 Å². The van der Waals surface area contributed by atoms with Gasteiger partial charge < -0.3 is 14.0 Å². The van der Waals surface area contributed by atoms with Gasteiger partial charge >= 0.3 is 5.97 Å². The summed E-state index contributed by atoms with van der Waals surface area (Å²) in [5.74, 6) is 0.407. The lowest BCUT2D eigenvalue weighted by atomic mass is 10.3. The van der Waals surface area contributed by atoms with Gasteiger partial charge in [-0.1, -0.05) is 15.9 Å². The molecule has 4 nitrogen and oxygen atoms in total. The number of rotatable bonds is 5. The van der Waals surface area contributed by atoms with Crippen LogP contribution in [0.3, 0.4) is 0 Å². The van der Waals surface area contributed by atoms with Gasteiger partial charge in [0.25, 0.3) is 0 Å². The summed E-state index contributed by atoms with van der Waals surface area (Å²) in [4.78, 5) is 11.7. The minimum Gasteiger partial charge on any atom is -0.490 e. The van der Waals surface area contributed by atoms with Crippen LogP contribution in [0.2, 0.25) is 0 Å². The van der Waals surface area contributed by atoms with Gasteiger partial charge in [0.05, 0.1) is 0 Å². The lowest BCUT2D eigenvalue weighted by Crippen LogP contribution is -2.14. The Morgan fingerprint density at radius 1 is 1.21 bits per heavy atom. The van der Waals surface area contributed by atoms with Crippen molar-refractivity contribution in [3.63, 3.8) is 0 Å². The minimum absolute atomic E-state index is 0.222. The van der Waals surface area contributed by atoms with Crippen LogP contribution in [-0.2, 0) is 11.8 Å². The third-order valence-corrected chi connectivity index (χ3v) is 3.08. The smallest absolute Gasteiger partial charge is 0.355 e. The highest BCUT2D eigenvalue weighted by Gasteiger charge is 2.09. The molecule has 0 amide bonds. The van der Waals surface area contributed by atoms with Crippen LogP contribution in [0, 0.1) is 0 Å². The largest absolute Gasteiger partial charge is 0.490 e. The molecular weight excluding hydrogens is 310 g/mol. The lowest BCUT2D eigenvalue weighted by molar-refractivity contribution is 0.0439. The van der Waals surface area contributed by atoms with Crippen molar-refractivity contribution in [3.05, 3.63) is 52.8 Å². The van der Waals surface area contributed by atoms with Gasteiger partial charge in [0.15, 0.2) is 0 Å². The number of esters is 1. The molecule has 1 heterocycles. The molecule has 0 unspecified atom stereocenters. The Morgan fingerprint density at radius 2 is 1.95 bits per heavy atom. The third kappa shape index (κ3) is 3.86. The number of carbonyl (C=O) groups is 1. The fourth-order valence-electron chi connectivity index (χ4n) is 1.57. The number of aryl methyl sites for hydroxylation is 1. The Morgan fingerprint density at radius 3 is 2.58 bits per heavy atom. The predicted molar refractivity (Wildman–Crippen MR) is 75.3 cm³/mol. The van der Waals surface area contributed by atoms with Crippen LogP contribution in [0.15, 0.2) is 47.1 Å². The molecule has 0 radical (unpaired) electrons. The van der Waals surface area contributed by atoms with Crippen molar-refractivity contribution in [2.45, 2.75) is 0 Å². The summed E-state index contributed by atoms with van der Waals surface area (Å²) >= 11 is 3.35. The first kappa shape index (κ1) is 13.7. The van der Waals surface area contributed by atoms with Crippen molar-refractivity contribution in [2.75, 3.05) is 13.2 Å². The van der Waals surface area contributed by atoms with Crippen LogP contribution in [0.25, 0.3) is 0 Å². The number of carbonyl (C=O) groups excluding carboxylic acids is 1. The van der Waals surface area contributed by atoms with Gasteiger partial charge in [0.1, 0.15) is 24.7 Å². The van der Waals surface area contributed by atoms with Crippen LogP contribution in [-0.4, -0.2) is 23.8 Å². The molecule has 0 saturated carbocycles. The van der Waals surface area contributed by atoms with E-state index in [4.69, 9.17) is 9.47 Å². The topological polar surface area (TPSA) is 40.5 Å². The van der Waals surface area contributed by atoms with Gasteiger partial charge in [-0.2, -0.15) is 0 Å². The van der Waals surface area contributed by atoms with Crippen molar-refractivity contribution < 1.29 is 14.3 Å². The summed E-state index contributed by atoms with van der Waals surface area (Å²) in [7, 11) is 1.80. The van der Waals surface area contributed by atoms with Gasteiger partial charge in [-0.25, -0.2) is 4.79 Å². The summed E-state index contributed by atoms with van der Waals surface area (Å²) in [6.45, 7) is 0.553. The highest BCUT2D eigenvalue weighted by Crippen LogP contribution is 2.15. The molecule has 0 aliphatic carbocycles. The van der Waals surface area contributed by atoms with Crippen molar-refractivity contribution in [3.8, 4) is 5.75 Å². The molecule has 0 aliphatic heterocycles. The summed E-state index contributed by atoms with van der Waals surface area (Å²) in [6, 6.07) is 11.0. The van der Waals surface area contributed by atoms with Gasteiger partial charge in [0.2, 0.25) is 0 Å². The van der Waals surface area contributed by atoms with E-state index in [1.807, 2.05) is 24.3 Å². The minimum atomic E-state index is -0.341. The van der Waals surface area contributed by atoms with Crippen molar-refractivity contribution >= 4 is 21.9 Å². The number of aromatic nitrogens is 1. The second-order valence-corrected chi connectivity index (χ2v) is 4.86. The number of ether oxygens (including phenoxy) is 2. The summed E-state index contributed by atoms with van der Waals surface area (Å²) in [5.41, 5.74) is 0.531. The zero-order valence-electron chi connectivity index (χ0n) is 10.5. The van der Waals surface area contributed by atoms with Crippen molar-refractivity contribution in [1.29, 1.82) is 0 Å². The Labute approximate surface area is 120 Å². The average Bonchev–Trinajstić information content (AvgIpc) is 2.83. The zero-order valence-corrected chi connectivity index (χ0v) is 12.1. The van der Waals surface area contributed by atoms with Crippen LogP contribution in [0.1, 0.15) is 10.5 Å². The molecule has 2 rings (SSSR count). The van der Waals surface area contributed by atoms with E-state index in [2.05, 4.69) is 15.9 Å². The second-order valence-electron chi connectivity index (χ2n) is 3.94. The number of benzene rings is 1. The molecule has 0 atom stereocenters. The Balaban J connectivity index is 1.74. The molecule has 5 heteroatoms.